The van der Waals surface area contributed by atoms with Crippen molar-refractivity contribution in [1.82, 2.24) is 60.9 Å². The number of methoxy groups -OCH3 is 2. The zero-order chi connectivity index (χ0) is 102. The molecule has 0 saturated heterocycles. The number of aromatic nitrogens is 9. The summed E-state index contributed by atoms with van der Waals surface area (Å²) in [5, 5.41) is 45.3. The largest absolute Gasteiger partial charge is 0.455 e. The second kappa shape index (κ2) is 40.6. The van der Waals surface area contributed by atoms with Gasteiger partial charge in [-0.3, -0.25) is 41.7 Å². The highest BCUT2D eigenvalue weighted by Crippen LogP contribution is 2.47. The van der Waals surface area contributed by atoms with Crippen LogP contribution in [-0.4, -0.2) is 188 Å². The second-order valence-corrected chi connectivity index (χ2v) is 40.1. The van der Waals surface area contributed by atoms with E-state index in [0.717, 1.165) is 58.6 Å². The van der Waals surface area contributed by atoms with E-state index in [0.29, 0.717) is 105 Å². The SMILES string of the molecule is CNC(=O)c1c(-c2ccc(C)cc2)oc2cc(N(C)S(C)(=O)=O)c(-c3ccc4nnn([C@H](COC)c5ccc(F)cc5)c(=O)c4c3)cc12.CNC(=O)c1c(-c2ccc(F)cc2)oc2cc(N(C)S(C)(=O)=O)c(-c3ccc4nnn([C@@H](COC)c5ccc(C)cc5)c(=O)c4c3)cc12.CNC(=O)c1c(-c2ccc(F)cc2)oc2cc(N(C)S(C)(=O)=O)c(-c3ccc4nnn([C@H](CO)c5ccc(C)cc5)c(=O)c4c3)cc12. The van der Waals surface area contributed by atoms with Crippen LogP contribution in [-0.2, 0) is 39.5 Å². The van der Waals surface area contributed by atoms with Crippen LogP contribution in [0.5, 0.6) is 0 Å². The topological polar surface area (TPSA) is 421 Å². The molecule has 0 spiro atoms. The number of aliphatic hydroxyl groups is 1. The number of anilines is 3. The maximum atomic E-state index is 14.0. The molecule has 3 amide bonds. The molecule has 0 aliphatic heterocycles. The average molecular weight is 2000 g/mol. The lowest BCUT2D eigenvalue weighted by Gasteiger charge is -2.21. The van der Waals surface area contributed by atoms with Crippen molar-refractivity contribution < 1.29 is 80.6 Å². The van der Waals surface area contributed by atoms with Crippen LogP contribution in [0.1, 0.15) is 82.6 Å². The fourth-order valence-electron chi connectivity index (χ4n) is 16.8. The van der Waals surface area contributed by atoms with Gasteiger partial charge in [0.25, 0.3) is 34.4 Å². The Labute approximate surface area is 816 Å². The number of furan rings is 3. The van der Waals surface area contributed by atoms with Crippen molar-refractivity contribution in [2.45, 2.75) is 38.9 Å². The van der Waals surface area contributed by atoms with Crippen LogP contribution in [0.3, 0.4) is 0 Å². The van der Waals surface area contributed by atoms with Gasteiger partial charge in [-0.25, -0.2) is 52.5 Å². The summed E-state index contributed by atoms with van der Waals surface area (Å²) >= 11 is 0. The van der Waals surface area contributed by atoms with E-state index in [2.05, 4.69) is 46.9 Å². The summed E-state index contributed by atoms with van der Waals surface area (Å²) in [5.74, 6) is -1.97. The minimum absolute atomic E-state index is 0.0669. The number of sulfonamides is 3. The highest BCUT2D eigenvalue weighted by molar-refractivity contribution is 7.92. The van der Waals surface area contributed by atoms with Gasteiger partial charge in [0.2, 0.25) is 30.1 Å². The molecule has 0 aliphatic carbocycles. The van der Waals surface area contributed by atoms with Gasteiger partial charge in [-0.05, 0) is 169 Å². The summed E-state index contributed by atoms with van der Waals surface area (Å²) in [6.45, 7) is 5.68. The quantitative estimate of drug-likeness (QED) is 0.0391. The molecule has 33 nitrogen and oxygen atoms in total. The van der Waals surface area contributed by atoms with Crippen LogP contribution in [0.4, 0.5) is 30.2 Å². The van der Waals surface area contributed by atoms with E-state index in [1.165, 1.54) is 132 Å². The van der Waals surface area contributed by atoms with Gasteiger partial charge < -0.3 is 43.8 Å². The van der Waals surface area contributed by atoms with Gasteiger partial charge in [-0.2, -0.15) is 0 Å². The highest BCUT2D eigenvalue weighted by atomic mass is 32.2. The standard InChI is InChI=1S/2C35H32FN5O6S.C34H30FN5O6S/c1-20-6-8-22(9-7-20)33-32(34(42)37-2)27-17-25(29(18-31(27)47-33)40(3)48(5,44)45)23-12-15-28-26(16-23)35(43)41(39-38-28)30(19-46-4)21-10-13-24(36)14-11-21;1-20-6-8-21(9-7-20)30(19-46-4)41-35(43)26-16-23(12-15-28(26)38-39-41)25-17-27-31(18-29(25)40(3)48(5,44)45)47-33(32(27)34(42)37-2)22-10-13-24(36)14-11-22;1-19-5-7-20(8-6-19)29(18-41)40-34(43)25-15-22(11-14-27(25)37-38-40)24-16-26-30(17-28(24)39(3)47(4,44)45)46-32(31(26)33(42)36-2)21-9-12-23(35)13-10-21/h2*6-18,30H,19H2,1-5H3,(H,37,42);5-17,29,41H,18H2,1-4H3,(H,36,42)/t2*30-;29-/m101/s1. The number of carbonyl (C=O) groups is 3. The fourth-order valence-corrected chi connectivity index (χ4v) is 18.3. The Morgan fingerprint density at radius 3 is 0.874 bits per heavy atom. The molecule has 0 aliphatic rings. The van der Waals surface area contributed by atoms with Gasteiger partial charge in [0, 0.05) is 124 Å². The first-order chi connectivity index (χ1) is 68.2. The van der Waals surface area contributed by atoms with Crippen molar-refractivity contribution in [3.8, 4) is 67.4 Å². The van der Waals surface area contributed by atoms with Gasteiger partial charge >= 0.3 is 0 Å². The Kier molecular flexibility index (Phi) is 28.3. The summed E-state index contributed by atoms with van der Waals surface area (Å²) in [6.07, 6.45) is 3.20. The number of hydrogen-bond donors (Lipinski definition) is 4. The molecule has 732 valence electrons. The lowest BCUT2D eigenvalue weighted by molar-refractivity contribution is 0.0956. The van der Waals surface area contributed by atoms with Gasteiger partial charge in [-0.1, -0.05) is 135 Å². The summed E-state index contributed by atoms with van der Waals surface area (Å²) in [5.41, 5.74) is 11.0. The minimum Gasteiger partial charge on any atom is -0.455 e. The number of halogens is 3. The summed E-state index contributed by atoms with van der Waals surface area (Å²) in [6, 6.07) is 61.5. The number of fused-ring (bicyclic) bond motifs is 6. The number of aryl methyl sites for hydroxylation is 3. The van der Waals surface area contributed by atoms with E-state index in [4.69, 9.17) is 22.7 Å². The normalized spacial score (nSPS) is 12.4. The predicted octanol–water partition coefficient (Wildman–Crippen LogP) is 15.3. The van der Waals surface area contributed by atoms with Gasteiger partial charge in [0.05, 0.1) is 88.5 Å². The van der Waals surface area contributed by atoms with E-state index in [1.54, 1.807) is 98.1 Å². The third-order valence-corrected chi connectivity index (χ3v) is 28.3. The Hall–Kier alpha value is -16.2. The molecule has 39 heteroatoms. The second-order valence-electron chi connectivity index (χ2n) is 34.1. The number of benzene rings is 12. The molecular weight excluding hydrogens is 1900 g/mol. The summed E-state index contributed by atoms with van der Waals surface area (Å²) < 4.78 is 154. The molecule has 6 aromatic heterocycles. The number of amides is 3. The van der Waals surface area contributed by atoms with Crippen LogP contribution in [0.15, 0.2) is 264 Å². The van der Waals surface area contributed by atoms with Crippen molar-refractivity contribution in [2.75, 3.05) is 108 Å². The van der Waals surface area contributed by atoms with Crippen molar-refractivity contribution in [3.63, 3.8) is 0 Å². The van der Waals surface area contributed by atoms with Gasteiger partial charge in [0.15, 0.2) is 0 Å². The number of hydrogen-bond acceptors (Lipinski definition) is 24. The smallest absolute Gasteiger partial charge is 0.278 e. The molecule has 0 fully saturated rings. The molecule has 4 N–H and O–H groups in total. The predicted molar refractivity (Wildman–Crippen MR) is 542 cm³/mol. The molecule has 143 heavy (non-hydrogen) atoms. The van der Waals surface area contributed by atoms with E-state index < -0.39 is 101 Å². The molecule has 12 aromatic carbocycles. The van der Waals surface area contributed by atoms with Gasteiger partial charge in [-0.15, -0.1) is 15.3 Å². The molecular formula is C104H94F3N15O18S3. The van der Waals surface area contributed by atoms with E-state index in [9.17, 15) is 72.3 Å². The third-order valence-electron chi connectivity index (χ3n) is 24.7. The minimum atomic E-state index is -3.79. The maximum absolute atomic E-state index is 14.0. The summed E-state index contributed by atoms with van der Waals surface area (Å²) in [4.78, 5) is 81.7. The first-order valence-corrected chi connectivity index (χ1v) is 49.8. The third kappa shape index (κ3) is 20.1. The molecule has 6 heterocycles. The fraction of sp³-hybridized carbons (Fsp3) is 0.192. The number of aliphatic hydroxyl groups excluding tert-OH is 1. The van der Waals surface area contributed by atoms with Crippen LogP contribution < -0.4 is 45.5 Å². The Bertz CT molecular complexity index is 8290. The van der Waals surface area contributed by atoms with Crippen molar-refractivity contribution in [1.29, 1.82) is 0 Å². The molecule has 0 radical (unpaired) electrons. The number of ether oxygens (including phenoxy) is 2. The highest BCUT2D eigenvalue weighted by Gasteiger charge is 2.33. The van der Waals surface area contributed by atoms with E-state index in [1.807, 2.05) is 93.6 Å². The van der Waals surface area contributed by atoms with Crippen molar-refractivity contribution in [2.24, 2.45) is 0 Å². The van der Waals surface area contributed by atoms with Crippen LogP contribution in [0.25, 0.3) is 133 Å². The molecule has 0 unspecified atom stereocenters. The zero-order valence-electron chi connectivity index (χ0n) is 79.5. The van der Waals surface area contributed by atoms with Crippen LogP contribution >= 0.6 is 0 Å². The monoisotopic (exact) mass is 1990 g/mol. The maximum Gasteiger partial charge on any atom is 0.278 e. The zero-order valence-corrected chi connectivity index (χ0v) is 81.9. The number of carbonyl (C=O) groups excluding carboxylic acids is 3. The lowest BCUT2D eigenvalue weighted by Crippen LogP contribution is -2.31. The molecule has 0 saturated carbocycles. The first kappa shape index (κ1) is 99.8. The lowest BCUT2D eigenvalue weighted by atomic mass is 9.97. The average Bonchev–Trinajstić information content (AvgIpc) is 1.69. The Balaban J connectivity index is 0.000000154. The van der Waals surface area contributed by atoms with Gasteiger partial charge in [0.1, 0.15) is 86.2 Å². The Morgan fingerprint density at radius 2 is 0.608 bits per heavy atom. The number of rotatable bonds is 26. The van der Waals surface area contributed by atoms with Crippen molar-refractivity contribution in [3.05, 3.63) is 335 Å². The number of nitrogens with zero attached hydrogens (tertiary/aromatic N) is 12. The van der Waals surface area contributed by atoms with E-state index in [-0.39, 0.29) is 91.7 Å². The van der Waals surface area contributed by atoms with Crippen LogP contribution in [0, 0.1) is 38.2 Å². The molecule has 3 atom stereocenters. The first-order valence-electron chi connectivity index (χ1n) is 44.3. The Morgan fingerprint density at radius 1 is 0.364 bits per heavy atom. The molecule has 0 bridgehead atoms. The molecule has 18 aromatic rings. The van der Waals surface area contributed by atoms with E-state index >= 15 is 0 Å². The van der Waals surface area contributed by atoms with Crippen molar-refractivity contribution >= 4 is 130 Å². The molecule has 18 rings (SSSR count). The summed E-state index contributed by atoms with van der Waals surface area (Å²) in [7, 11) is 0.367. The number of nitrogens with one attached hydrogen (secondary N) is 3. The van der Waals surface area contributed by atoms with Crippen LogP contribution in [0.2, 0.25) is 0 Å².